The van der Waals surface area contributed by atoms with Gasteiger partial charge in [0.1, 0.15) is 18.8 Å². The first-order chi connectivity index (χ1) is 11.8. The molecule has 0 aliphatic carbocycles. The maximum atomic E-state index is 11.9. The minimum atomic E-state index is -1.86. The van der Waals surface area contributed by atoms with Crippen LogP contribution in [0.3, 0.4) is 0 Å². The van der Waals surface area contributed by atoms with Crippen molar-refractivity contribution in [3.8, 4) is 0 Å². The molecule has 2 bridgehead atoms. The Bertz CT molecular complexity index is 914. The van der Waals surface area contributed by atoms with Crippen LogP contribution < -0.4 is 11.3 Å². The Morgan fingerprint density at radius 3 is 3.08 bits per heavy atom. The van der Waals surface area contributed by atoms with Crippen LogP contribution in [0.1, 0.15) is 13.2 Å². The van der Waals surface area contributed by atoms with Crippen molar-refractivity contribution >= 4 is 25.1 Å². The zero-order valence-corrected chi connectivity index (χ0v) is 14.3. The summed E-state index contributed by atoms with van der Waals surface area (Å²) in [5, 5.41) is 10.6. The molecule has 2 unspecified atom stereocenters. The molecule has 11 nitrogen and oxygen atoms in total. The number of anilines is 1. The number of nitrogen functional groups attached to an aromatic ring is 1. The van der Waals surface area contributed by atoms with E-state index in [0.29, 0.717) is 0 Å². The summed E-state index contributed by atoms with van der Waals surface area (Å²) in [4.78, 5) is 22.4. The molecule has 2 aliphatic rings. The van der Waals surface area contributed by atoms with Gasteiger partial charge in [-0.25, -0.2) is 4.98 Å². The van der Waals surface area contributed by atoms with E-state index in [1.54, 1.807) is 6.92 Å². The molecule has 4 N–H and O–H groups in total. The van der Waals surface area contributed by atoms with Gasteiger partial charge in [0.15, 0.2) is 29.7 Å². The average molecular weight is 370 g/mol. The number of fused-ring (bicyclic) bond motifs is 3. The number of aliphatic hydroxyl groups excluding tert-OH is 1. The normalized spacial score (nSPS) is 34.8. The van der Waals surface area contributed by atoms with Gasteiger partial charge < -0.3 is 20.3 Å². The van der Waals surface area contributed by atoms with Gasteiger partial charge in [-0.1, -0.05) is 0 Å². The van der Waals surface area contributed by atoms with Crippen LogP contribution in [0, 0.1) is 0 Å². The predicted molar refractivity (Wildman–Crippen MR) is 85.2 cm³/mol. The van der Waals surface area contributed by atoms with E-state index in [9.17, 15) is 14.5 Å². The topological polar surface area (TPSA) is 155 Å². The number of nitrogens with two attached hydrogens (primary N) is 1. The fourth-order valence-electron chi connectivity index (χ4n) is 3.40. The van der Waals surface area contributed by atoms with Crippen LogP contribution in [0.5, 0.6) is 0 Å². The molecule has 0 amide bonds. The van der Waals surface area contributed by atoms with Crippen molar-refractivity contribution in [1.82, 2.24) is 19.5 Å². The SMILES string of the molecule is CC1O[C@H]2[C@H](n3cnc4c(=O)[nH]c(N)nc43)O[C@]1(CO[P+](C)=O)[C@H]2O. The zero-order valence-electron chi connectivity index (χ0n) is 13.4. The molecule has 12 heteroatoms. The summed E-state index contributed by atoms with van der Waals surface area (Å²) in [5.41, 5.74) is 4.29. The quantitative estimate of drug-likeness (QED) is 0.604. The Kier molecular flexibility index (Phi) is 3.67. The molecule has 2 fully saturated rings. The van der Waals surface area contributed by atoms with Crippen molar-refractivity contribution in [2.45, 2.75) is 37.1 Å². The van der Waals surface area contributed by atoms with Crippen LogP contribution in [0.4, 0.5) is 5.95 Å². The number of hydrogen-bond acceptors (Lipinski definition) is 9. The van der Waals surface area contributed by atoms with Crippen LogP contribution in [0.25, 0.3) is 11.2 Å². The van der Waals surface area contributed by atoms with E-state index < -0.39 is 43.7 Å². The van der Waals surface area contributed by atoms with Gasteiger partial charge in [-0.3, -0.25) is 14.3 Å². The molecule has 2 saturated heterocycles. The van der Waals surface area contributed by atoms with Crippen LogP contribution in [-0.4, -0.2) is 61.8 Å². The van der Waals surface area contributed by atoms with Gasteiger partial charge >= 0.3 is 8.03 Å². The highest BCUT2D eigenvalue weighted by molar-refractivity contribution is 7.38. The maximum absolute atomic E-state index is 11.9. The second-order valence-electron chi connectivity index (χ2n) is 6.14. The largest absolute Gasteiger partial charge is 0.504 e. The van der Waals surface area contributed by atoms with Crippen molar-refractivity contribution in [3.63, 3.8) is 0 Å². The molecule has 2 aliphatic heterocycles. The third-order valence-electron chi connectivity index (χ3n) is 4.68. The minimum Gasteiger partial charge on any atom is -0.387 e. The smallest absolute Gasteiger partial charge is 0.387 e. The van der Waals surface area contributed by atoms with E-state index in [0.717, 1.165) is 0 Å². The molecule has 4 heterocycles. The first-order valence-electron chi connectivity index (χ1n) is 7.61. The highest BCUT2D eigenvalue weighted by atomic mass is 31.1. The lowest BCUT2D eigenvalue weighted by Gasteiger charge is -2.34. The standard InChI is InChI=1S/C13H16N5O6P/c1-5-13(3-22-25(2)21)8(19)7(23-5)11(24-13)18-4-15-6-9(18)16-12(14)17-10(6)20/h4-5,7-8,11,19H,3H2,1-2H3,(H2-,14,16,17,20)/p+1/t5?,7-,8+,11-,13+/m1/s1. The lowest BCUT2D eigenvalue weighted by molar-refractivity contribution is -0.213. The monoisotopic (exact) mass is 370 g/mol. The Labute approximate surface area is 142 Å². The number of hydrogen-bond donors (Lipinski definition) is 3. The third-order valence-corrected chi connectivity index (χ3v) is 5.17. The zero-order chi connectivity index (χ0) is 17.9. The number of H-pyrrole nitrogens is 1. The summed E-state index contributed by atoms with van der Waals surface area (Å²) in [6.45, 7) is 3.08. The number of aromatic amines is 1. The lowest BCUT2D eigenvalue weighted by atomic mass is 9.94. The minimum absolute atomic E-state index is 0.0572. The van der Waals surface area contributed by atoms with Gasteiger partial charge in [0.05, 0.1) is 12.4 Å². The van der Waals surface area contributed by atoms with Gasteiger partial charge in [0, 0.05) is 0 Å². The molecule has 0 spiro atoms. The Hall–Kier alpha value is -1.91. The Balaban J connectivity index is 1.74. The first-order valence-corrected chi connectivity index (χ1v) is 9.23. The molecule has 6 atom stereocenters. The summed E-state index contributed by atoms with van der Waals surface area (Å²) in [6.07, 6.45) is -1.57. The molecular formula is C13H17N5O6P+. The number of aromatic nitrogens is 4. The van der Waals surface area contributed by atoms with Gasteiger partial charge in [0.2, 0.25) is 5.95 Å². The second-order valence-corrected chi connectivity index (χ2v) is 7.28. The van der Waals surface area contributed by atoms with Crippen molar-refractivity contribution in [2.24, 2.45) is 0 Å². The third kappa shape index (κ3) is 2.31. The van der Waals surface area contributed by atoms with Crippen LogP contribution >= 0.6 is 8.03 Å². The summed E-state index contributed by atoms with van der Waals surface area (Å²) in [7, 11) is -1.86. The molecule has 2 aromatic rings. The summed E-state index contributed by atoms with van der Waals surface area (Å²) >= 11 is 0. The van der Waals surface area contributed by atoms with Crippen LogP contribution in [0.2, 0.25) is 0 Å². The number of nitrogens with one attached hydrogen (secondary N) is 1. The van der Waals surface area contributed by atoms with E-state index in [4.69, 9.17) is 19.7 Å². The molecule has 134 valence electrons. The molecular weight excluding hydrogens is 353 g/mol. The van der Waals surface area contributed by atoms with Crippen molar-refractivity contribution in [1.29, 1.82) is 0 Å². The van der Waals surface area contributed by atoms with Crippen molar-refractivity contribution in [3.05, 3.63) is 16.7 Å². The van der Waals surface area contributed by atoms with Gasteiger partial charge in [-0.2, -0.15) is 4.98 Å². The maximum Gasteiger partial charge on any atom is 0.504 e. The average Bonchev–Trinajstić information content (AvgIpc) is 3.14. The van der Waals surface area contributed by atoms with E-state index in [2.05, 4.69) is 15.0 Å². The fourth-order valence-corrected chi connectivity index (χ4v) is 3.78. The van der Waals surface area contributed by atoms with Gasteiger partial charge in [-0.05, 0) is 11.5 Å². The second kappa shape index (κ2) is 5.55. The number of ether oxygens (including phenoxy) is 2. The van der Waals surface area contributed by atoms with Crippen molar-refractivity contribution in [2.75, 3.05) is 19.0 Å². The Morgan fingerprint density at radius 2 is 2.36 bits per heavy atom. The molecule has 4 rings (SSSR count). The van der Waals surface area contributed by atoms with Gasteiger partial charge in [0.25, 0.3) is 5.56 Å². The number of nitrogens with zero attached hydrogens (tertiary/aromatic N) is 3. The van der Waals surface area contributed by atoms with Crippen LogP contribution in [-0.2, 0) is 18.6 Å². The number of imidazole rings is 1. The molecule has 0 radical (unpaired) electrons. The van der Waals surface area contributed by atoms with Crippen molar-refractivity contribution < 1.29 is 23.7 Å². The summed E-state index contributed by atoms with van der Waals surface area (Å²) in [5.74, 6) is -0.0572. The lowest BCUT2D eigenvalue weighted by Crippen LogP contribution is -2.49. The number of rotatable bonds is 4. The van der Waals surface area contributed by atoms with E-state index in [-0.39, 0.29) is 23.7 Å². The summed E-state index contributed by atoms with van der Waals surface area (Å²) < 4.78 is 29.9. The Morgan fingerprint density at radius 1 is 1.60 bits per heavy atom. The van der Waals surface area contributed by atoms with E-state index in [1.807, 2.05) is 0 Å². The highest BCUT2D eigenvalue weighted by Crippen LogP contribution is 2.49. The first kappa shape index (κ1) is 16.6. The van der Waals surface area contributed by atoms with E-state index >= 15 is 0 Å². The molecule has 25 heavy (non-hydrogen) atoms. The fraction of sp³-hybridized carbons (Fsp3) is 0.615. The number of aliphatic hydroxyl groups is 1. The highest BCUT2D eigenvalue weighted by Gasteiger charge is 2.66. The van der Waals surface area contributed by atoms with Gasteiger partial charge in [-0.15, -0.1) is 4.52 Å². The summed E-state index contributed by atoms with van der Waals surface area (Å²) in [6, 6.07) is 0. The molecule has 0 aromatic carbocycles. The predicted octanol–water partition coefficient (Wildman–Crippen LogP) is -0.494. The molecule has 2 aromatic heterocycles. The van der Waals surface area contributed by atoms with Crippen LogP contribution in [0.15, 0.2) is 11.1 Å². The van der Waals surface area contributed by atoms with E-state index in [1.165, 1.54) is 17.6 Å². The molecule has 0 saturated carbocycles.